The van der Waals surface area contributed by atoms with E-state index in [9.17, 15) is 18.0 Å². The molecule has 1 atom stereocenters. The molecule has 46 heavy (non-hydrogen) atoms. The average molecular weight is 648 g/mol. The van der Waals surface area contributed by atoms with Crippen LogP contribution in [-0.2, 0) is 14.8 Å². The highest BCUT2D eigenvalue weighted by Gasteiger charge is 2.33. The second kappa shape index (κ2) is 13.4. The third-order valence-corrected chi connectivity index (χ3v) is 10.1. The van der Waals surface area contributed by atoms with Crippen molar-refractivity contribution in [2.75, 3.05) is 31.5 Å². The first-order valence-corrected chi connectivity index (χ1v) is 17.4. The molecule has 3 aromatic rings. The van der Waals surface area contributed by atoms with Crippen LogP contribution in [0.3, 0.4) is 0 Å². The molecule has 1 N–H and O–H groups in total. The van der Waals surface area contributed by atoms with Crippen LogP contribution < -0.4 is 9.46 Å². The van der Waals surface area contributed by atoms with E-state index in [4.69, 9.17) is 4.74 Å². The van der Waals surface area contributed by atoms with Gasteiger partial charge in [0.25, 0.3) is 15.9 Å². The number of hydrogen-bond donors (Lipinski definition) is 1. The van der Waals surface area contributed by atoms with E-state index < -0.39 is 22.0 Å². The lowest BCUT2D eigenvalue weighted by atomic mass is 9.87. The Hall–Kier alpha value is -3.99. The van der Waals surface area contributed by atoms with Gasteiger partial charge in [-0.15, -0.1) is 0 Å². The molecule has 0 radical (unpaired) electrons. The number of rotatable bonds is 6. The monoisotopic (exact) mass is 647 g/mol. The summed E-state index contributed by atoms with van der Waals surface area (Å²) in [6.07, 6.45) is 5.07. The van der Waals surface area contributed by atoms with Crippen molar-refractivity contribution in [3.05, 3.63) is 65.2 Å². The van der Waals surface area contributed by atoms with E-state index in [-0.39, 0.29) is 46.8 Å². The van der Waals surface area contributed by atoms with Gasteiger partial charge in [0.05, 0.1) is 16.6 Å². The highest BCUT2D eigenvalue weighted by molar-refractivity contribution is 7.92. The van der Waals surface area contributed by atoms with E-state index in [1.54, 1.807) is 29.0 Å². The number of carbonyl (C=O) groups excluding carboxylic acids is 2. The second-order valence-corrected chi connectivity index (χ2v) is 15.6. The van der Waals surface area contributed by atoms with Gasteiger partial charge in [-0.2, -0.15) is 4.98 Å². The SMILES string of the molecule is Cc1cccc(C)c1-c1cc2nc(n1)NS(=O)(=O)c1cccc(c1)C(=O)N(CC(=O)N(C)CC1CCCC1)[C@H](CC(C)(C)C)CO2. The number of nitrogens with one attached hydrogen (secondary N) is 1. The summed E-state index contributed by atoms with van der Waals surface area (Å²) in [6, 6.07) is 12.9. The first-order chi connectivity index (χ1) is 21.7. The predicted molar refractivity (Wildman–Crippen MR) is 178 cm³/mol. The molecule has 1 aliphatic heterocycles. The summed E-state index contributed by atoms with van der Waals surface area (Å²) >= 11 is 0. The van der Waals surface area contributed by atoms with Crippen molar-refractivity contribution in [1.82, 2.24) is 19.8 Å². The summed E-state index contributed by atoms with van der Waals surface area (Å²) in [5, 5.41) is 0. The van der Waals surface area contributed by atoms with Crippen molar-refractivity contribution < 1.29 is 22.7 Å². The predicted octanol–water partition coefficient (Wildman–Crippen LogP) is 5.85. The smallest absolute Gasteiger partial charge is 0.264 e. The quantitative estimate of drug-likeness (QED) is 0.356. The molecule has 0 saturated heterocycles. The number of sulfonamides is 1. The van der Waals surface area contributed by atoms with Gasteiger partial charge in [-0.3, -0.25) is 9.59 Å². The zero-order valence-electron chi connectivity index (χ0n) is 27.7. The van der Waals surface area contributed by atoms with Crippen molar-refractivity contribution >= 4 is 27.8 Å². The first-order valence-electron chi connectivity index (χ1n) is 16.0. The molecule has 1 aromatic heterocycles. The van der Waals surface area contributed by atoms with Gasteiger partial charge < -0.3 is 14.5 Å². The largest absolute Gasteiger partial charge is 0.475 e. The number of nitrogens with zero attached hydrogens (tertiary/aromatic N) is 4. The number of anilines is 1. The zero-order valence-corrected chi connectivity index (χ0v) is 28.5. The summed E-state index contributed by atoms with van der Waals surface area (Å²) in [5.41, 5.74) is 3.22. The summed E-state index contributed by atoms with van der Waals surface area (Å²) in [4.78, 5) is 40.1. The second-order valence-electron chi connectivity index (χ2n) is 13.9. The Morgan fingerprint density at radius 1 is 1.04 bits per heavy atom. The van der Waals surface area contributed by atoms with Crippen molar-refractivity contribution in [2.45, 2.75) is 77.7 Å². The van der Waals surface area contributed by atoms with Gasteiger partial charge in [0, 0.05) is 30.8 Å². The molecule has 5 rings (SSSR count). The van der Waals surface area contributed by atoms with E-state index in [1.807, 2.05) is 32.0 Å². The molecule has 2 aromatic carbocycles. The Balaban J connectivity index is 1.60. The lowest BCUT2D eigenvalue weighted by molar-refractivity contribution is -0.131. The molecular weight excluding hydrogens is 602 g/mol. The van der Waals surface area contributed by atoms with Gasteiger partial charge in [-0.05, 0) is 73.8 Å². The Morgan fingerprint density at radius 3 is 2.39 bits per heavy atom. The first kappa shape index (κ1) is 33.4. The highest BCUT2D eigenvalue weighted by Crippen LogP contribution is 2.31. The van der Waals surface area contributed by atoms with Crippen LogP contribution in [0, 0.1) is 25.2 Å². The zero-order chi connectivity index (χ0) is 33.2. The van der Waals surface area contributed by atoms with Gasteiger partial charge in [0.2, 0.25) is 17.7 Å². The van der Waals surface area contributed by atoms with Crippen molar-refractivity contribution in [1.29, 1.82) is 0 Å². The standard InChI is InChI=1S/C35H45N5O5S/c1-23-11-9-12-24(2)32(23)29-18-30-37-34(36-29)38-46(43,44)28-16-10-15-26(17-28)33(42)40(27(22-45-30)19-35(3,4)5)21-31(41)39(6)20-25-13-7-8-14-25/h9-12,15-18,25,27H,7-8,13-14,19-22H2,1-6H3,(H,36,37,38)/t27-/m1/s1. The van der Waals surface area contributed by atoms with Crippen molar-refractivity contribution in [3.8, 4) is 17.1 Å². The van der Waals surface area contributed by atoms with Crippen LogP contribution in [-0.4, -0.2) is 72.8 Å². The maximum atomic E-state index is 14.3. The molecular formula is C35H45N5O5S. The summed E-state index contributed by atoms with van der Waals surface area (Å²) < 4.78 is 36.0. The Labute approximate surface area is 272 Å². The molecule has 2 aliphatic rings. The molecule has 2 heterocycles. The minimum Gasteiger partial charge on any atom is -0.475 e. The summed E-state index contributed by atoms with van der Waals surface area (Å²) in [6.45, 7) is 10.7. The van der Waals surface area contributed by atoms with Crippen LogP contribution in [0.4, 0.5) is 5.95 Å². The fourth-order valence-corrected chi connectivity index (χ4v) is 7.48. The van der Waals surface area contributed by atoms with Crippen molar-refractivity contribution in [2.24, 2.45) is 11.3 Å². The molecule has 246 valence electrons. The van der Waals surface area contributed by atoms with Gasteiger partial charge in [-0.1, -0.05) is 57.9 Å². The van der Waals surface area contributed by atoms with E-state index in [0.717, 1.165) is 29.5 Å². The number of carbonyl (C=O) groups is 2. The highest BCUT2D eigenvalue weighted by atomic mass is 32.2. The summed E-state index contributed by atoms with van der Waals surface area (Å²) in [5.74, 6) is -0.131. The maximum Gasteiger partial charge on any atom is 0.264 e. The third kappa shape index (κ3) is 7.86. The topological polar surface area (TPSA) is 122 Å². The minimum absolute atomic E-state index is 0.0394. The normalized spacial score (nSPS) is 18.5. The minimum atomic E-state index is -4.19. The van der Waals surface area contributed by atoms with Crippen LogP contribution >= 0.6 is 0 Å². The lowest BCUT2D eigenvalue weighted by Gasteiger charge is -2.36. The summed E-state index contributed by atoms with van der Waals surface area (Å²) in [7, 11) is -2.40. The van der Waals surface area contributed by atoms with Crippen molar-refractivity contribution in [3.63, 3.8) is 0 Å². The van der Waals surface area contributed by atoms with Gasteiger partial charge >= 0.3 is 0 Å². The third-order valence-electron chi connectivity index (χ3n) is 8.77. The average Bonchev–Trinajstić information content (AvgIpc) is 3.49. The Bertz CT molecular complexity index is 1690. The molecule has 1 aliphatic carbocycles. The molecule has 4 bridgehead atoms. The van der Waals surface area contributed by atoms with Gasteiger partial charge in [0.1, 0.15) is 13.2 Å². The number of aryl methyl sites for hydroxylation is 2. The number of likely N-dealkylation sites (N-methyl/N-ethyl adjacent to an activating group) is 1. The fraction of sp³-hybridized carbons (Fsp3) is 0.486. The number of ether oxygens (including phenoxy) is 1. The molecule has 11 heteroatoms. The molecule has 10 nitrogen and oxygen atoms in total. The molecule has 2 amide bonds. The van der Waals surface area contributed by atoms with E-state index >= 15 is 0 Å². The van der Waals surface area contributed by atoms with Gasteiger partial charge in [0.15, 0.2) is 0 Å². The maximum absolute atomic E-state index is 14.3. The number of hydrogen-bond acceptors (Lipinski definition) is 7. The van der Waals surface area contributed by atoms with E-state index in [2.05, 4.69) is 35.5 Å². The van der Waals surface area contributed by atoms with Crippen LogP contribution in [0.25, 0.3) is 11.3 Å². The van der Waals surface area contributed by atoms with E-state index in [0.29, 0.717) is 24.6 Å². The van der Waals surface area contributed by atoms with Crippen LogP contribution in [0.1, 0.15) is 74.4 Å². The number of amides is 2. The van der Waals surface area contributed by atoms with Crippen LogP contribution in [0.5, 0.6) is 5.88 Å². The number of fused-ring (bicyclic) bond motifs is 4. The van der Waals surface area contributed by atoms with Gasteiger partial charge in [-0.25, -0.2) is 18.1 Å². The van der Waals surface area contributed by atoms with E-state index in [1.165, 1.54) is 31.0 Å². The number of benzene rings is 2. The number of aromatic nitrogens is 2. The molecule has 0 spiro atoms. The lowest BCUT2D eigenvalue weighted by Crippen LogP contribution is -2.50. The molecule has 1 fully saturated rings. The Morgan fingerprint density at radius 2 is 1.72 bits per heavy atom. The van der Waals surface area contributed by atoms with Crippen LogP contribution in [0.2, 0.25) is 0 Å². The molecule has 1 saturated carbocycles. The van der Waals surface area contributed by atoms with Crippen LogP contribution in [0.15, 0.2) is 53.4 Å². The fourth-order valence-electron chi connectivity index (χ4n) is 6.50. The Kier molecular flexibility index (Phi) is 9.72. The molecule has 0 unspecified atom stereocenters.